The lowest BCUT2D eigenvalue weighted by Crippen LogP contribution is -2.58. The van der Waals surface area contributed by atoms with E-state index in [0.29, 0.717) is 61.1 Å². The molecule has 1 saturated heterocycles. The Labute approximate surface area is 338 Å². The first-order chi connectivity index (χ1) is 27.8. The van der Waals surface area contributed by atoms with Gasteiger partial charge in [-0.3, -0.25) is 19.1 Å². The van der Waals surface area contributed by atoms with Crippen LogP contribution in [0, 0.1) is 11.3 Å². The Morgan fingerprint density at radius 1 is 1.02 bits per heavy atom. The molecule has 0 radical (unpaired) electrons. The molecular formula is C43H51N5O9S. The van der Waals surface area contributed by atoms with Crippen molar-refractivity contribution < 1.29 is 41.8 Å². The number of nitrogens with one attached hydrogen (secondary N) is 3. The molecule has 0 unspecified atom stereocenters. The fourth-order valence-corrected chi connectivity index (χ4v) is 9.74. The molecular weight excluding hydrogens is 763 g/mol. The van der Waals surface area contributed by atoms with Crippen molar-refractivity contribution in [3.63, 3.8) is 0 Å². The van der Waals surface area contributed by atoms with Gasteiger partial charge in [0.2, 0.25) is 27.7 Å². The van der Waals surface area contributed by atoms with E-state index in [4.69, 9.17) is 19.2 Å². The summed E-state index contributed by atoms with van der Waals surface area (Å²) < 4.78 is 46.4. The van der Waals surface area contributed by atoms with Crippen molar-refractivity contribution in [3.05, 3.63) is 60.2 Å². The summed E-state index contributed by atoms with van der Waals surface area (Å²) in [5, 5.41) is 7.55. The molecule has 2 aromatic carbocycles. The van der Waals surface area contributed by atoms with Gasteiger partial charge in [-0.1, -0.05) is 69.2 Å². The molecule has 14 nitrogen and oxygen atoms in total. The molecule has 1 aromatic heterocycles. The number of aromatic nitrogens is 1. The summed E-state index contributed by atoms with van der Waals surface area (Å²) >= 11 is 0. The number of hydrogen-bond donors (Lipinski definition) is 3. The number of hydrogen-bond acceptors (Lipinski definition) is 10. The van der Waals surface area contributed by atoms with Crippen LogP contribution in [0.25, 0.3) is 27.8 Å². The fourth-order valence-electron chi connectivity index (χ4n) is 8.38. The summed E-state index contributed by atoms with van der Waals surface area (Å²) in [6, 6.07) is 9.49. The van der Waals surface area contributed by atoms with Crippen LogP contribution in [0.3, 0.4) is 0 Å². The number of nitrogens with zero attached hydrogens (tertiary/aromatic N) is 2. The smallest absolute Gasteiger partial charge is 0.407 e. The maximum Gasteiger partial charge on any atom is 0.407 e. The van der Waals surface area contributed by atoms with E-state index in [0.717, 1.165) is 29.2 Å². The monoisotopic (exact) mass is 813 g/mol. The number of alkyl carbamates (subject to hydrolysis) is 1. The van der Waals surface area contributed by atoms with Crippen LogP contribution in [0.15, 0.2) is 54.6 Å². The molecule has 2 saturated carbocycles. The summed E-state index contributed by atoms with van der Waals surface area (Å²) in [6.45, 7) is 4.03. The van der Waals surface area contributed by atoms with Crippen LogP contribution in [0.4, 0.5) is 4.79 Å². The number of allylic oxidation sites excluding steroid dienone is 2. The van der Waals surface area contributed by atoms with Gasteiger partial charge in [-0.15, -0.1) is 0 Å². The number of carbonyl (C=O) groups excluding carboxylic acids is 4. The van der Waals surface area contributed by atoms with Crippen LogP contribution in [0.1, 0.15) is 83.6 Å². The molecule has 15 heteroatoms. The lowest BCUT2D eigenvalue weighted by Gasteiger charge is -2.30. The zero-order chi connectivity index (χ0) is 40.8. The predicted octanol–water partition coefficient (Wildman–Crippen LogP) is 5.29. The van der Waals surface area contributed by atoms with Gasteiger partial charge in [-0.25, -0.2) is 18.2 Å². The minimum absolute atomic E-state index is 0.0192. The van der Waals surface area contributed by atoms with Crippen LogP contribution >= 0.6 is 0 Å². The fraction of sp³-hybridized carbons (Fsp3) is 0.512. The quantitative estimate of drug-likeness (QED) is 0.231. The van der Waals surface area contributed by atoms with E-state index < -0.39 is 74.1 Å². The molecule has 0 spiro atoms. The van der Waals surface area contributed by atoms with Gasteiger partial charge in [0.1, 0.15) is 29.5 Å². The third kappa shape index (κ3) is 8.10. The van der Waals surface area contributed by atoms with Crippen molar-refractivity contribution in [3.8, 4) is 11.6 Å². The lowest BCUT2D eigenvalue weighted by atomic mass is 9.90. The molecule has 2 aliphatic carbocycles. The van der Waals surface area contributed by atoms with Gasteiger partial charge < -0.3 is 29.7 Å². The lowest BCUT2D eigenvalue weighted by molar-refractivity contribution is -0.141. The van der Waals surface area contributed by atoms with E-state index >= 15 is 0 Å². The van der Waals surface area contributed by atoms with Gasteiger partial charge in [0, 0.05) is 39.5 Å². The number of methoxy groups -OCH3 is 1. The van der Waals surface area contributed by atoms with Crippen molar-refractivity contribution in [2.24, 2.45) is 11.3 Å². The topological polar surface area (TPSA) is 182 Å². The number of carbonyl (C=O) groups is 4. The molecule has 5 aliphatic rings. The van der Waals surface area contributed by atoms with E-state index in [1.807, 2.05) is 74.5 Å². The minimum atomic E-state index is -3.90. The molecule has 4 amide bonds. The Balaban J connectivity index is 1.20. The number of cyclic esters (lactones) is 1. The maximum absolute atomic E-state index is 14.7. The van der Waals surface area contributed by atoms with Gasteiger partial charge in [0.05, 0.1) is 31.0 Å². The van der Waals surface area contributed by atoms with Gasteiger partial charge in [-0.05, 0) is 63.1 Å². The van der Waals surface area contributed by atoms with Crippen LogP contribution in [0.5, 0.6) is 11.6 Å². The summed E-state index contributed by atoms with van der Waals surface area (Å²) in [5.74, 6) is -1.36. The molecule has 5 bridgehead atoms. The second-order valence-electron chi connectivity index (χ2n) is 17.1. The van der Waals surface area contributed by atoms with Crippen LogP contribution in [0.2, 0.25) is 0 Å². The van der Waals surface area contributed by atoms with Crippen LogP contribution in [-0.4, -0.2) is 91.4 Å². The highest BCUT2D eigenvalue weighted by Crippen LogP contribution is 2.46. The van der Waals surface area contributed by atoms with Gasteiger partial charge in [0.15, 0.2) is 0 Å². The number of amides is 4. The van der Waals surface area contributed by atoms with Gasteiger partial charge in [0.25, 0.3) is 5.91 Å². The minimum Gasteiger partial charge on any atom is -0.496 e. The molecule has 3 aliphatic heterocycles. The Bertz CT molecular complexity index is 2320. The number of benzene rings is 2. The zero-order valence-electron chi connectivity index (χ0n) is 33.1. The third-order valence-electron chi connectivity index (χ3n) is 12.0. The van der Waals surface area contributed by atoms with Crippen molar-refractivity contribution in [2.45, 2.75) is 107 Å². The highest BCUT2D eigenvalue weighted by atomic mass is 32.2. The molecule has 3 fully saturated rings. The highest BCUT2D eigenvalue weighted by molar-refractivity contribution is 7.91. The Morgan fingerprint density at radius 3 is 2.62 bits per heavy atom. The number of pyridine rings is 1. The van der Waals surface area contributed by atoms with Crippen molar-refractivity contribution in [1.29, 1.82) is 0 Å². The number of para-hydroxylation sites is 1. The standard InChI is InChI=1S/C43H51N5O9S/c1-42(2)19-11-12-26-20-32-31(22-36(26)55-3)30-14-9-10-15-33(30)44-38(32)57-28-21-35-37(49)46-43(40(51)47-58(53,54)29-17-18-29)23-27(43)13-7-5-4-6-8-16-34(39(50)48(35)24-28)45-41(52)56-25-42/h7,9-15,20,22,27-29,34-35H,4-6,8,16-19,21,23-25H2,1-3H3,(H,45,52)(H,46,49)(H,47,51)/t27-,28-,34+,35+,43-/m1/s1. The average Bonchev–Trinajstić information content (AvgIpc) is 4.12. The third-order valence-corrected chi connectivity index (χ3v) is 13.8. The van der Waals surface area contributed by atoms with Crippen molar-refractivity contribution in [1.82, 2.24) is 25.2 Å². The van der Waals surface area contributed by atoms with E-state index in [9.17, 15) is 27.6 Å². The number of ether oxygens (including phenoxy) is 3. The Morgan fingerprint density at radius 2 is 1.83 bits per heavy atom. The van der Waals surface area contributed by atoms with Crippen molar-refractivity contribution in [2.75, 3.05) is 20.3 Å². The van der Waals surface area contributed by atoms with E-state index in [2.05, 4.69) is 15.4 Å². The number of sulfonamides is 1. The maximum atomic E-state index is 14.7. The molecule has 4 heterocycles. The number of fused-ring (bicyclic) bond motifs is 6. The first-order valence-electron chi connectivity index (χ1n) is 20.3. The Kier molecular flexibility index (Phi) is 10.6. The van der Waals surface area contributed by atoms with Gasteiger partial charge in [-0.2, -0.15) is 0 Å². The zero-order valence-corrected chi connectivity index (χ0v) is 33.9. The SMILES string of the molecule is COc1cc2c3cc1C=CCC(C)(C)COC(=O)N[C@H]1CCCCCC=C[C@@H]4C[C@@]4(C(=O)NS(=O)(=O)C4CC4)NC(=O)[C@@H]4C[C@H](CN4C1=O)Oc3nc1ccccc12. The van der Waals surface area contributed by atoms with Crippen LogP contribution in [-0.2, 0) is 29.1 Å². The number of rotatable bonds is 4. The summed E-state index contributed by atoms with van der Waals surface area (Å²) in [7, 11) is -2.29. The van der Waals surface area contributed by atoms with Gasteiger partial charge >= 0.3 is 6.09 Å². The first kappa shape index (κ1) is 39.6. The van der Waals surface area contributed by atoms with Crippen molar-refractivity contribution >= 4 is 61.6 Å². The first-order valence-corrected chi connectivity index (χ1v) is 21.8. The highest BCUT2D eigenvalue weighted by Gasteiger charge is 2.62. The average molecular weight is 814 g/mol. The summed E-state index contributed by atoms with van der Waals surface area (Å²) in [6.07, 6.45) is 11.3. The molecule has 3 N–H and O–H groups in total. The predicted molar refractivity (Wildman–Crippen MR) is 217 cm³/mol. The summed E-state index contributed by atoms with van der Waals surface area (Å²) in [4.78, 5) is 62.8. The molecule has 5 atom stereocenters. The molecule has 3 aromatic rings. The molecule has 58 heavy (non-hydrogen) atoms. The van der Waals surface area contributed by atoms with E-state index in [1.165, 1.54) is 4.90 Å². The second-order valence-corrected chi connectivity index (χ2v) is 19.1. The summed E-state index contributed by atoms with van der Waals surface area (Å²) in [5.41, 5.74) is -0.501. The normalized spacial score (nSPS) is 27.9. The molecule has 308 valence electrons. The Hall–Kier alpha value is -5.18. The van der Waals surface area contributed by atoms with E-state index in [1.54, 1.807) is 7.11 Å². The molecule has 8 rings (SSSR count). The second kappa shape index (κ2) is 15.5. The van der Waals surface area contributed by atoms with E-state index in [-0.39, 0.29) is 26.0 Å². The largest absolute Gasteiger partial charge is 0.496 e. The van der Waals surface area contributed by atoms with Crippen LogP contribution < -0.4 is 24.8 Å².